The number of aromatic nitrogens is 3. The molecule has 1 aliphatic rings. The van der Waals surface area contributed by atoms with E-state index in [1.807, 2.05) is 17.9 Å². The van der Waals surface area contributed by atoms with E-state index in [2.05, 4.69) is 25.9 Å². The SMILES string of the molecule is C[C@H]1CN(c2ccc(C#N)cn2)CCN1C(=O)CCc1nc2ccc(F)cc2c(=O)[nH]1. The van der Waals surface area contributed by atoms with Crippen LogP contribution in [0.2, 0.25) is 0 Å². The van der Waals surface area contributed by atoms with Gasteiger partial charge in [0, 0.05) is 44.7 Å². The van der Waals surface area contributed by atoms with E-state index in [4.69, 9.17) is 5.26 Å². The molecule has 9 heteroatoms. The molecule has 158 valence electrons. The molecule has 1 N–H and O–H groups in total. The monoisotopic (exact) mass is 420 g/mol. The van der Waals surface area contributed by atoms with Gasteiger partial charge in [0.15, 0.2) is 0 Å². The molecule has 1 aromatic carbocycles. The zero-order valence-corrected chi connectivity index (χ0v) is 17.0. The molecule has 2 aromatic heterocycles. The van der Waals surface area contributed by atoms with Crippen LogP contribution in [0.1, 0.15) is 24.7 Å². The summed E-state index contributed by atoms with van der Waals surface area (Å²) in [6.07, 6.45) is 2.06. The molecule has 1 saturated heterocycles. The molecule has 0 spiro atoms. The molecule has 31 heavy (non-hydrogen) atoms. The molecule has 0 aliphatic carbocycles. The molecule has 1 atom stereocenters. The van der Waals surface area contributed by atoms with Crippen LogP contribution in [0.15, 0.2) is 41.3 Å². The first kappa shape index (κ1) is 20.5. The second-order valence-corrected chi connectivity index (χ2v) is 7.57. The predicted molar refractivity (Wildman–Crippen MR) is 113 cm³/mol. The van der Waals surface area contributed by atoms with Crippen molar-refractivity contribution in [3.63, 3.8) is 0 Å². The molecule has 3 aromatic rings. The Bertz CT molecular complexity index is 1220. The van der Waals surface area contributed by atoms with Crippen molar-refractivity contribution in [3.8, 4) is 6.07 Å². The average Bonchev–Trinajstić information content (AvgIpc) is 2.78. The summed E-state index contributed by atoms with van der Waals surface area (Å²) in [6.45, 7) is 3.83. The van der Waals surface area contributed by atoms with Crippen molar-refractivity contribution in [2.24, 2.45) is 0 Å². The van der Waals surface area contributed by atoms with Crippen LogP contribution in [0.25, 0.3) is 10.9 Å². The molecule has 0 bridgehead atoms. The number of nitrogens with one attached hydrogen (secondary N) is 1. The lowest BCUT2D eigenvalue weighted by Crippen LogP contribution is -2.54. The van der Waals surface area contributed by atoms with E-state index in [0.29, 0.717) is 43.0 Å². The number of nitriles is 1. The molecule has 3 heterocycles. The highest BCUT2D eigenvalue weighted by Crippen LogP contribution is 2.18. The van der Waals surface area contributed by atoms with Gasteiger partial charge in [-0.15, -0.1) is 0 Å². The third-order valence-electron chi connectivity index (χ3n) is 5.44. The number of nitrogens with zero attached hydrogens (tertiary/aromatic N) is 5. The van der Waals surface area contributed by atoms with Crippen LogP contribution in [-0.4, -0.2) is 51.4 Å². The number of H-pyrrole nitrogens is 1. The van der Waals surface area contributed by atoms with E-state index < -0.39 is 11.4 Å². The summed E-state index contributed by atoms with van der Waals surface area (Å²) in [7, 11) is 0. The zero-order valence-electron chi connectivity index (χ0n) is 17.0. The second kappa shape index (κ2) is 8.52. The van der Waals surface area contributed by atoms with Crippen molar-refractivity contribution < 1.29 is 9.18 Å². The van der Waals surface area contributed by atoms with Crippen LogP contribution in [-0.2, 0) is 11.2 Å². The minimum atomic E-state index is -0.493. The fraction of sp³-hybridized carbons (Fsp3) is 0.318. The van der Waals surface area contributed by atoms with Crippen LogP contribution in [0.5, 0.6) is 0 Å². The first-order valence-corrected chi connectivity index (χ1v) is 10.0. The van der Waals surface area contributed by atoms with Crippen molar-refractivity contribution in [2.75, 3.05) is 24.5 Å². The van der Waals surface area contributed by atoms with Gasteiger partial charge in [-0.2, -0.15) is 5.26 Å². The predicted octanol–water partition coefficient (Wildman–Crippen LogP) is 2.00. The minimum Gasteiger partial charge on any atom is -0.353 e. The summed E-state index contributed by atoms with van der Waals surface area (Å²) in [5.74, 6) is 0.687. The van der Waals surface area contributed by atoms with Crippen LogP contribution in [0.4, 0.5) is 10.2 Å². The van der Waals surface area contributed by atoms with E-state index in [0.717, 1.165) is 11.9 Å². The summed E-state index contributed by atoms with van der Waals surface area (Å²) in [6, 6.07) is 9.46. The van der Waals surface area contributed by atoms with Crippen LogP contribution >= 0.6 is 0 Å². The number of hydrogen-bond donors (Lipinski definition) is 1. The quantitative estimate of drug-likeness (QED) is 0.692. The second-order valence-electron chi connectivity index (χ2n) is 7.57. The van der Waals surface area contributed by atoms with Crippen molar-refractivity contribution in [2.45, 2.75) is 25.8 Å². The number of piperazine rings is 1. The van der Waals surface area contributed by atoms with Gasteiger partial charge in [0.25, 0.3) is 5.56 Å². The Balaban J connectivity index is 1.38. The van der Waals surface area contributed by atoms with Gasteiger partial charge in [0.1, 0.15) is 23.5 Å². The van der Waals surface area contributed by atoms with Gasteiger partial charge >= 0.3 is 0 Å². The Morgan fingerprint density at radius 1 is 1.32 bits per heavy atom. The molecule has 4 rings (SSSR count). The maximum atomic E-state index is 13.3. The number of carbonyl (C=O) groups is 1. The number of halogens is 1. The van der Waals surface area contributed by atoms with E-state index in [-0.39, 0.29) is 23.8 Å². The maximum absolute atomic E-state index is 13.3. The fourth-order valence-electron chi connectivity index (χ4n) is 3.82. The lowest BCUT2D eigenvalue weighted by atomic mass is 10.1. The highest BCUT2D eigenvalue weighted by atomic mass is 19.1. The van der Waals surface area contributed by atoms with Crippen LogP contribution in [0, 0.1) is 17.1 Å². The number of amides is 1. The lowest BCUT2D eigenvalue weighted by Gasteiger charge is -2.40. The number of hydrogen-bond acceptors (Lipinski definition) is 6. The van der Waals surface area contributed by atoms with Gasteiger partial charge in [-0.25, -0.2) is 14.4 Å². The minimum absolute atomic E-state index is 0.00900. The Labute approximate surface area is 178 Å². The molecule has 0 radical (unpaired) electrons. The number of anilines is 1. The molecule has 1 fully saturated rings. The highest BCUT2D eigenvalue weighted by Gasteiger charge is 2.27. The maximum Gasteiger partial charge on any atom is 0.258 e. The highest BCUT2D eigenvalue weighted by molar-refractivity contribution is 5.78. The molecule has 1 aliphatic heterocycles. The van der Waals surface area contributed by atoms with Crippen molar-refractivity contribution in [1.82, 2.24) is 19.9 Å². The van der Waals surface area contributed by atoms with Gasteiger partial charge in [-0.05, 0) is 37.3 Å². The number of fused-ring (bicyclic) bond motifs is 1. The van der Waals surface area contributed by atoms with Gasteiger partial charge in [0.2, 0.25) is 5.91 Å². The topological polar surface area (TPSA) is 106 Å². The normalized spacial score (nSPS) is 16.4. The number of aryl methyl sites for hydroxylation is 1. The van der Waals surface area contributed by atoms with Crippen molar-refractivity contribution >= 4 is 22.6 Å². The summed E-state index contributed by atoms with van der Waals surface area (Å²) in [4.78, 5) is 40.2. The van der Waals surface area contributed by atoms with E-state index in [1.54, 1.807) is 12.3 Å². The standard InChI is InChI=1S/C22H21FN6O2/c1-14-13-28(20-6-2-15(11-24)12-25-20)8-9-29(14)21(30)7-5-19-26-18-4-3-16(23)10-17(18)22(31)27-19/h2-4,6,10,12,14H,5,7-9,13H2,1H3,(H,26,27,31)/t14-/m0/s1. The van der Waals surface area contributed by atoms with E-state index >= 15 is 0 Å². The smallest absolute Gasteiger partial charge is 0.258 e. The van der Waals surface area contributed by atoms with E-state index in [9.17, 15) is 14.0 Å². The average molecular weight is 420 g/mol. The summed E-state index contributed by atoms with van der Waals surface area (Å²) in [5, 5.41) is 9.09. The van der Waals surface area contributed by atoms with Gasteiger partial charge in [-0.1, -0.05) is 0 Å². The Kier molecular flexibility index (Phi) is 5.62. The largest absolute Gasteiger partial charge is 0.353 e. The lowest BCUT2D eigenvalue weighted by molar-refractivity contribution is -0.133. The van der Waals surface area contributed by atoms with Gasteiger partial charge in [0.05, 0.1) is 16.5 Å². The molecule has 1 amide bonds. The molecule has 0 saturated carbocycles. The van der Waals surface area contributed by atoms with Crippen molar-refractivity contribution in [1.29, 1.82) is 5.26 Å². The Morgan fingerprint density at radius 2 is 2.16 bits per heavy atom. The van der Waals surface area contributed by atoms with Crippen molar-refractivity contribution in [3.05, 3.63) is 64.1 Å². The number of carbonyl (C=O) groups excluding carboxylic acids is 1. The molecule has 8 nitrogen and oxygen atoms in total. The summed E-state index contributed by atoms with van der Waals surface area (Å²) < 4.78 is 13.3. The number of aromatic amines is 1. The Hall–Kier alpha value is -3.80. The fourth-order valence-corrected chi connectivity index (χ4v) is 3.82. The molecular weight excluding hydrogens is 399 g/mol. The number of rotatable bonds is 4. The zero-order chi connectivity index (χ0) is 22.0. The van der Waals surface area contributed by atoms with Gasteiger partial charge < -0.3 is 14.8 Å². The van der Waals surface area contributed by atoms with E-state index in [1.165, 1.54) is 12.1 Å². The number of benzene rings is 1. The van der Waals surface area contributed by atoms with Crippen LogP contribution in [0.3, 0.4) is 0 Å². The molecular formula is C22H21FN6O2. The third-order valence-corrected chi connectivity index (χ3v) is 5.44. The summed E-state index contributed by atoms with van der Waals surface area (Å²) in [5.41, 5.74) is 0.504. The van der Waals surface area contributed by atoms with Gasteiger partial charge in [-0.3, -0.25) is 9.59 Å². The first-order valence-electron chi connectivity index (χ1n) is 10.0. The first-order chi connectivity index (χ1) is 14.9. The third kappa shape index (κ3) is 4.38. The van der Waals surface area contributed by atoms with Crippen LogP contribution < -0.4 is 10.5 Å². The summed E-state index contributed by atoms with van der Waals surface area (Å²) >= 11 is 0. The molecule has 0 unspecified atom stereocenters. The number of pyridine rings is 1. The Morgan fingerprint density at radius 3 is 2.87 bits per heavy atom.